The van der Waals surface area contributed by atoms with Gasteiger partial charge in [0.05, 0.1) is 12.7 Å². The zero-order chi connectivity index (χ0) is 18.6. The monoisotopic (exact) mass is 339 g/mol. The van der Waals surface area contributed by atoms with Crippen LogP contribution in [0.25, 0.3) is 0 Å². The number of nitrogens with one attached hydrogen (secondary N) is 1. The Morgan fingerprint density at radius 3 is 2.44 bits per heavy atom. The third-order valence-corrected chi connectivity index (χ3v) is 3.71. The highest BCUT2D eigenvalue weighted by Gasteiger charge is 2.13. The van der Waals surface area contributed by atoms with Crippen LogP contribution in [0.1, 0.15) is 27.2 Å². The van der Waals surface area contributed by atoms with Crippen molar-refractivity contribution in [1.82, 2.24) is 4.57 Å². The van der Waals surface area contributed by atoms with Gasteiger partial charge in [-0.15, -0.1) is 0 Å². The normalized spacial score (nSPS) is 10.0. The maximum Gasteiger partial charge on any atom is 0.337 e. The number of carbonyl (C=O) groups excluding carboxylic acids is 2. The maximum absolute atomic E-state index is 12.3. The van der Waals surface area contributed by atoms with Gasteiger partial charge in [0.15, 0.2) is 0 Å². The van der Waals surface area contributed by atoms with E-state index in [9.17, 15) is 14.4 Å². The van der Waals surface area contributed by atoms with Crippen LogP contribution in [-0.4, -0.2) is 23.6 Å². The number of nitrogens with zero attached hydrogens (tertiary/aromatic N) is 2. The van der Waals surface area contributed by atoms with Crippen LogP contribution in [0.15, 0.2) is 35.1 Å². The minimum Gasteiger partial charge on any atom is -0.465 e. The van der Waals surface area contributed by atoms with Crippen molar-refractivity contribution in [3.63, 3.8) is 0 Å². The minimum absolute atomic E-state index is 0.0285. The van der Waals surface area contributed by atoms with Gasteiger partial charge in [-0.05, 0) is 49.7 Å². The molecule has 0 bridgehead atoms. The molecule has 128 valence electrons. The second-order valence-corrected chi connectivity index (χ2v) is 5.46. The van der Waals surface area contributed by atoms with E-state index in [0.29, 0.717) is 22.5 Å². The molecule has 1 heterocycles. The summed E-state index contributed by atoms with van der Waals surface area (Å²) in [6.45, 7) is 3.17. The van der Waals surface area contributed by atoms with Crippen LogP contribution in [0.3, 0.4) is 0 Å². The number of aromatic nitrogens is 1. The molecule has 7 heteroatoms. The number of aryl methyl sites for hydroxylation is 2. The lowest BCUT2D eigenvalue weighted by Crippen LogP contribution is -2.31. The minimum atomic E-state index is -0.490. The first-order valence-corrected chi connectivity index (χ1v) is 7.46. The van der Waals surface area contributed by atoms with Gasteiger partial charge < -0.3 is 14.6 Å². The molecule has 25 heavy (non-hydrogen) atoms. The predicted octanol–water partition coefficient (Wildman–Crippen LogP) is 1.76. The first-order chi connectivity index (χ1) is 11.9. The number of ether oxygens (including phenoxy) is 1. The summed E-state index contributed by atoms with van der Waals surface area (Å²) in [6.07, 6.45) is 0. The van der Waals surface area contributed by atoms with Crippen LogP contribution in [0.5, 0.6) is 0 Å². The molecule has 7 nitrogen and oxygen atoms in total. The number of rotatable bonds is 4. The van der Waals surface area contributed by atoms with E-state index in [1.54, 1.807) is 32.0 Å². The number of anilines is 1. The number of nitriles is 1. The van der Waals surface area contributed by atoms with Crippen molar-refractivity contribution in [2.75, 3.05) is 12.4 Å². The molecule has 0 atom stereocenters. The molecule has 0 spiro atoms. The van der Waals surface area contributed by atoms with E-state index in [-0.39, 0.29) is 12.1 Å². The van der Waals surface area contributed by atoms with Crippen molar-refractivity contribution < 1.29 is 14.3 Å². The van der Waals surface area contributed by atoms with E-state index in [2.05, 4.69) is 10.1 Å². The summed E-state index contributed by atoms with van der Waals surface area (Å²) >= 11 is 0. The van der Waals surface area contributed by atoms with Gasteiger partial charge in [-0.1, -0.05) is 0 Å². The van der Waals surface area contributed by atoms with Crippen LogP contribution < -0.4 is 10.9 Å². The molecule has 2 aromatic rings. The van der Waals surface area contributed by atoms with Crippen LogP contribution >= 0.6 is 0 Å². The first-order valence-electron chi connectivity index (χ1n) is 7.46. The van der Waals surface area contributed by atoms with Crippen LogP contribution in [0, 0.1) is 25.2 Å². The van der Waals surface area contributed by atoms with Crippen molar-refractivity contribution in [2.24, 2.45) is 0 Å². The number of carbonyl (C=O) groups is 2. The Kier molecular flexibility index (Phi) is 5.35. The number of pyridine rings is 1. The zero-order valence-electron chi connectivity index (χ0n) is 14.1. The fourth-order valence-electron chi connectivity index (χ4n) is 2.41. The molecule has 2 rings (SSSR count). The first kappa shape index (κ1) is 17.9. The molecular formula is C18H17N3O4. The van der Waals surface area contributed by atoms with Gasteiger partial charge in [0.25, 0.3) is 5.56 Å². The SMILES string of the molecule is COC(=O)c1ccc(NC(=O)Cn2c(C)cc(C)c(C#N)c2=O)cc1. The topological polar surface area (TPSA) is 101 Å². The molecule has 0 aliphatic carbocycles. The molecule has 0 unspecified atom stereocenters. The Labute approximate surface area is 144 Å². The molecule has 1 amide bonds. The highest BCUT2D eigenvalue weighted by Crippen LogP contribution is 2.11. The second kappa shape index (κ2) is 7.45. The lowest BCUT2D eigenvalue weighted by molar-refractivity contribution is -0.116. The standard InChI is InChI=1S/C18H17N3O4/c1-11-8-12(2)21(17(23)15(11)9-19)10-16(22)20-14-6-4-13(5-7-14)18(24)25-3/h4-8H,10H2,1-3H3,(H,20,22). The molecular weight excluding hydrogens is 322 g/mol. The van der Waals surface area contributed by atoms with Crippen molar-refractivity contribution in [3.8, 4) is 6.07 Å². The fourth-order valence-corrected chi connectivity index (χ4v) is 2.41. The molecule has 0 aliphatic rings. The van der Waals surface area contributed by atoms with Crippen LogP contribution in [0.4, 0.5) is 5.69 Å². The Morgan fingerprint density at radius 2 is 1.88 bits per heavy atom. The Bertz CT molecular complexity index is 921. The molecule has 0 fully saturated rings. The van der Waals surface area contributed by atoms with Gasteiger partial charge in [-0.3, -0.25) is 9.59 Å². The number of amides is 1. The summed E-state index contributed by atoms with van der Waals surface area (Å²) in [5, 5.41) is 11.7. The highest BCUT2D eigenvalue weighted by atomic mass is 16.5. The molecule has 1 aromatic carbocycles. The number of benzene rings is 1. The lowest BCUT2D eigenvalue weighted by atomic mass is 10.1. The van der Waals surface area contributed by atoms with E-state index in [1.807, 2.05) is 6.07 Å². The molecule has 0 aliphatic heterocycles. The van der Waals surface area contributed by atoms with Crippen molar-refractivity contribution in [1.29, 1.82) is 5.26 Å². The molecule has 0 saturated heterocycles. The van der Waals surface area contributed by atoms with Gasteiger partial charge in [0.1, 0.15) is 18.2 Å². The van der Waals surface area contributed by atoms with E-state index in [0.717, 1.165) is 0 Å². The summed E-state index contributed by atoms with van der Waals surface area (Å²) < 4.78 is 5.86. The number of hydrogen-bond acceptors (Lipinski definition) is 5. The summed E-state index contributed by atoms with van der Waals surface area (Å²) in [5.74, 6) is -0.882. The summed E-state index contributed by atoms with van der Waals surface area (Å²) in [4.78, 5) is 35.9. The molecule has 0 radical (unpaired) electrons. The van der Waals surface area contributed by atoms with E-state index in [1.165, 1.54) is 23.8 Å². The van der Waals surface area contributed by atoms with E-state index >= 15 is 0 Å². The Hall–Kier alpha value is -3.40. The van der Waals surface area contributed by atoms with Crippen molar-refractivity contribution >= 4 is 17.6 Å². The predicted molar refractivity (Wildman–Crippen MR) is 91.3 cm³/mol. The van der Waals surface area contributed by atoms with Crippen molar-refractivity contribution in [3.05, 3.63) is 63.1 Å². The molecule has 0 saturated carbocycles. The second-order valence-electron chi connectivity index (χ2n) is 5.46. The average molecular weight is 339 g/mol. The smallest absolute Gasteiger partial charge is 0.337 e. The quantitative estimate of drug-likeness (QED) is 0.855. The summed E-state index contributed by atoms with van der Waals surface area (Å²) in [5.41, 5.74) is 1.57. The summed E-state index contributed by atoms with van der Waals surface area (Å²) in [7, 11) is 1.29. The summed E-state index contributed by atoms with van der Waals surface area (Å²) in [6, 6.07) is 9.74. The molecule has 1 aromatic heterocycles. The maximum atomic E-state index is 12.3. The van der Waals surface area contributed by atoms with Gasteiger partial charge in [-0.2, -0.15) is 5.26 Å². The largest absolute Gasteiger partial charge is 0.465 e. The average Bonchev–Trinajstić information content (AvgIpc) is 2.59. The highest BCUT2D eigenvalue weighted by molar-refractivity contribution is 5.93. The zero-order valence-corrected chi connectivity index (χ0v) is 14.1. The third-order valence-electron chi connectivity index (χ3n) is 3.71. The van der Waals surface area contributed by atoms with Gasteiger partial charge >= 0.3 is 5.97 Å². The fraction of sp³-hybridized carbons (Fsp3) is 0.222. The number of esters is 1. The van der Waals surface area contributed by atoms with E-state index in [4.69, 9.17) is 5.26 Å². The molecule has 1 N–H and O–H groups in total. The number of methoxy groups -OCH3 is 1. The Balaban J connectivity index is 2.17. The van der Waals surface area contributed by atoms with Crippen LogP contribution in [-0.2, 0) is 16.1 Å². The Morgan fingerprint density at radius 1 is 1.24 bits per heavy atom. The van der Waals surface area contributed by atoms with Gasteiger partial charge in [0, 0.05) is 11.4 Å². The van der Waals surface area contributed by atoms with Crippen LogP contribution in [0.2, 0.25) is 0 Å². The third kappa shape index (κ3) is 3.93. The van der Waals surface area contributed by atoms with Crippen molar-refractivity contribution in [2.45, 2.75) is 20.4 Å². The number of hydrogen-bond donors (Lipinski definition) is 1. The van der Waals surface area contributed by atoms with E-state index < -0.39 is 17.4 Å². The van der Waals surface area contributed by atoms with Gasteiger partial charge in [-0.25, -0.2) is 4.79 Å². The lowest BCUT2D eigenvalue weighted by Gasteiger charge is -2.12. The van der Waals surface area contributed by atoms with Gasteiger partial charge in [0.2, 0.25) is 5.91 Å².